The molecule has 1 N–H and O–H groups in total. The minimum atomic E-state index is -0.201. The summed E-state index contributed by atoms with van der Waals surface area (Å²) in [6.07, 6.45) is 1.51. The van der Waals surface area contributed by atoms with Crippen LogP contribution in [0.4, 0.5) is 0 Å². The molecule has 0 saturated heterocycles. The number of hydrazone groups is 1. The Morgan fingerprint density at radius 2 is 2.29 bits per heavy atom. The SMILES string of the molecule is COCC[C@@H](C)NC(=O)C1=NN(C)C(=O)CC1. The molecule has 0 saturated carbocycles. The average Bonchev–Trinajstić information content (AvgIpc) is 2.30. The molecule has 6 heteroatoms. The highest BCUT2D eigenvalue weighted by Gasteiger charge is 2.22. The molecule has 1 heterocycles. The van der Waals surface area contributed by atoms with Gasteiger partial charge in [-0.15, -0.1) is 0 Å². The van der Waals surface area contributed by atoms with Crippen LogP contribution < -0.4 is 5.32 Å². The van der Waals surface area contributed by atoms with Crippen molar-refractivity contribution < 1.29 is 14.3 Å². The predicted octanol–water partition coefficient (Wildman–Crippen LogP) is 0.136. The van der Waals surface area contributed by atoms with Crippen LogP contribution in [0.3, 0.4) is 0 Å². The molecule has 0 fully saturated rings. The Morgan fingerprint density at radius 3 is 2.88 bits per heavy atom. The standard InChI is InChI=1S/C11H19N3O3/c1-8(6-7-17-3)12-11(16)9-4-5-10(15)14(2)13-9/h8H,4-7H2,1-3H3,(H,12,16)/t8-/m1/s1. The van der Waals surface area contributed by atoms with E-state index in [2.05, 4.69) is 10.4 Å². The Kier molecular flexibility index (Phi) is 5.09. The number of nitrogens with zero attached hydrogens (tertiary/aromatic N) is 2. The number of hydrogen-bond donors (Lipinski definition) is 1. The zero-order valence-electron chi connectivity index (χ0n) is 10.5. The quantitative estimate of drug-likeness (QED) is 0.744. The average molecular weight is 241 g/mol. The predicted molar refractivity (Wildman–Crippen MR) is 63.5 cm³/mol. The molecule has 0 unspecified atom stereocenters. The zero-order chi connectivity index (χ0) is 12.8. The topological polar surface area (TPSA) is 71.0 Å². The molecule has 0 aromatic carbocycles. The second-order valence-electron chi connectivity index (χ2n) is 4.12. The molecule has 0 bridgehead atoms. The summed E-state index contributed by atoms with van der Waals surface area (Å²) >= 11 is 0. The summed E-state index contributed by atoms with van der Waals surface area (Å²) in [6, 6.07) is 0.0353. The first-order valence-corrected chi connectivity index (χ1v) is 5.68. The number of methoxy groups -OCH3 is 1. The largest absolute Gasteiger partial charge is 0.385 e. The second-order valence-corrected chi connectivity index (χ2v) is 4.12. The second kappa shape index (κ2) is 6.34. The molecular weight excluding hydrogens is 222 g/mol. The van der Waals surface area contributed by atoms with Crippen LogP contribution in [0.5, 0.6) is 0 Å². The Balaban J connectivity index is 2.48. The van der Waals surface area contributed by atoms with Crippen molar-refractivity contribution in [1.29, 1.82) is 0 Å². The maximum atomic E-state index is 11.8. The van der Waals surface area contributed by atoms with Gasteiger partial charge in [-0.05, 0) is 13.3 Å². The number of carbonyl (C=O) groups is 2. The van der Waals surface area contributed by atoms with E-state index >= 15 is 0 Å². The van der Waals surface area contributed by atoms with Gasteiger partial charge in [0.1, 0.15) is 5.71 Å². The molecule has 96 valence electrons. The molecule has 6 nitrogen and oxygen atoms in total. The third kappa shape index (κ3) is 4.14. The van der Waals surface area contributed by atoms with Crippen molar-refractivity contribution in [3.63, 3.8) is 0 Å². The Labute approximate surface area is 101 Å². The molecular formula is C11H19N3O3. The fraction of sp³-hybridized carbons (Fsp3) is 0.727. The fourth-order valence-electron chi connectivity index (χ4n) is 1.51. The minimum Gasteiger partial charge on any atom is -0.385 e. The third-order valence-electron chi connectivity index (χ3n) is 2.60. The van der Waals surface area contributed by atoms with Gasteiger partial charge < -0.3 is 10.1 Å². The zero-order valence-corrected chi connectivity index (χ0v) is 10.5. The van der Waals surface area contributed by atoms with Crippen molar-refractivity contribution in [1.82, 2.24) is 10.3 Å². The van der Waals surface area contributed by atoms with Crippen LogP contribution in [0.25, 0.3) is 0 Å². The highest BCUT2D eigenvalue weighted by molar-refractivity contribution is 6.39. The Bertz CT molecular complexity index is 328. The third-order valence-corrected chi connectivity index (χ3v) is 2.60. The van der Waals surface area contributed by atoms with Crippen LogP contribution in [0.15, 0.2) is 5.10 Å². The van der Waals surface area contributed by atoms with Crippen molar-refractivity contribution in [2.75, 3.05) is 20.8 Å². The van der Waals surface area contributed by atoms with Crippen molar-refractivity contribution >= 4 is 17.5 Å². The molecule has 0 aromatic rings. The lowest BCUT2D eigenvalue weighted by atomic mass is 10.1. The van der Waals surface area contributed by atoms with Gasteiger partial charge in [-0.2, -0.15) is 5.10 Å². The summed E-state index contributed by atoms with van der Waals surface area (Å²) in [6.45, 7) is 2.52. The summed E-state index contributed by atoms with van der Waals surface area (Å²) in [5.74, 6) is -0.262. The van der Waals surface area contributed by atoms with Crippen LogP contribution >= 0.6 is 0 Å². The van der Waals surface area contributed by atoms with Gasteiger partial charge in [0.2, 0.25) is 5.91 Å². The number of hydrogen-bond acceptors (Lipinski definition) is 4. The van der Waals surface area contributed by atoms with Gasteiger partial charge in [-0.3, -0.25) is 9.59 Å². The summed E-state index contributed by atoms with van der Waals surface area (Å²) in [5.41, 5.74) is 0.413. The van der Waals surface area contributed by atoms with E-state index in [1.807, 2.05) is 6.92 Å². The number of amides is 2. The molecule has 2 amide bonds. The van der Waals surface area contributed by atoms with E-state index in [9.17, 15) is 9.59 Å². The smallest absolute Gasteiger partial charge is 0.267 e. The van der Waals surface area contributed by atoms with E-state index in [1.165, 1.54) is 5.01 Å². The lowest BCUT2D eigenvalue weighted by molar-refractivity contribution is -0.130. The molecule has 1 aliphatic heterocycles. The summed E-state index contributed by atoms with van der Waals surface area (Å²) < 4.78 is 4.94. The van der Waals surface area contributed by atoms with E-state index in [0.29, 0.717) is 25.2 Å². The van der Waals surface area contributed by atoms with E-state index in [0.717, 1.165) is 6.42 Å². The van der Waals surface area contributed by atoms with Gasteiger partial charge in [0.15, 0.2) is 0 Å². The molecule has 1 rings (SSSR count). The molecule has 1 atom stereocenters. The van der Waals surface area contributed by atoms with Gasteiger partial charge >= 0.3 is 0 Å². The highest BCUT2D eigenvalue weighted by Crippen LogP contribution is 2.07. The van der Waals surface area contributed by atoms with Gasteiger partial charge in [0.05, 0.1) is 0 Å². The van der Waals surface area contributed by atoms with Crippen molar-refractivity contribution in [3.05, 3.63) is 0 Å². The molecule has 17 heavy (non-hydrogen) atoms. The summed E-state index contributed by atoms with van der Waals surface area (Å²) in [7, 11) is 3.18. The molecule has 0 aromatic heterocycles. The van der Waals surface area contributed by atoms with Crippen LogP contribution in [0.1, 0.15) is 26.2 Å². The maximum absolute atomic E-state index is 11.8. The van der Waals surface area contributed by atoms with Crippen molar-refractivity contribution in [2.45, 2.75) is 32.2 Å². The van der Waals surface area contributed by atoms with Crippen molar-refractivity contribution in [3.8, 4) is 0 Å². The molecule has 0 spiro atoms. The highest BCUT2D eigenvalue weighted by atomic mass is 16.5. The lowest BCUT2D eigenvalue weighted by Crippen LogP contribution is -2.41. The van der Waals surface area contributed by atoms with Crippen LogP contribution in [-0.4, -0.2) is 49.3 Å². The molecule has 1 aliphatic rings. The van der Waals surface area contributed by atoms with Crippen LogP contribution in [0.2, 0.25) is 0 Å². The van der Waals surface area contributed by atoms with Gasteiger partial charge in [-0.25, -0.2) is 5.01 Å². The van der Waals surface area contributed by atoms with Crippen molar-refractivity contribution in [2.24, 2.45) is 5.10 Å². The van der Waals surface area contributed by atoms with Crippen LogP contribution in [-0.2, 0) is 14.3 Å². The maximum Gasteiger partial charge on any atom is 0.267 e. The minimum absolute atomic E-state index is 0.0353. The summed E-state index contributed by atoms with van der Waals surface area (Å²) in [5, 5.41) is 8.01. The van der Waals surface area contributed by atoms with Crippen LogP contribution in [0, 0.1) is 0 Å². The van der Waals surface area contributed by atoms with Gasteiger partial charge in [-0.1, -0.05) is 0 Å². The first-order valence-electron chi connectivity index (χ1n) is 5.68. The summed E-state index contributed by atoms with van der Waals surface area (Å²) in [4.78, 5) is 23.0. The molecule has 0 radical (unpaired) electrons. The Morgan fingerprint density at radius 1 is 1.59 bits per heavy atom. The fourth-order valence-corrected chi connectivity index (χ4v) is 1.51. The van der Waals surface area contributed by atoms with E-state index < -0.39 is 0 Å². The normalized spacial score (nSPS) is 17.7. The van der Waals surface area contributed by atoms with Gasteiger partial charge in [0, 0.05) is 39.6 Å². The van der Waals surface area contributed by atoms with E-state index in [1.54, 1.807) is 14.2 Å². The number of ether oxygens (including phenoxy) is 1. The first kappa shape index (κ1) is 13.6. The van der Waals surface area contributed by atoms with E-state index in [4.69, 9.17) is 4.74 Å². The number of rotatable bonds is 5. The lowest BCUT2D eigenvalue weighted by Gasteiger charge is -2.20. The number of nitrogens with one attached hydrogen (secondary N) is 1. The van der Waals surface area contributed by atoms with E-state index in [-0.39, 0.29) is 17.9 Å². The monoisotopic (exact) mass is 241 g/mol. The number of carbonyl (C=O) groups excluding carboxylic acids is 2. The van der Waals surface area contributed by atoms with Gasteiger partial charge in [0.25, 0.3) is 5.91 Å². The first-order chi connectivity index (χ1) is 8.04. The Hall–Kier alpha value is -1.43. The molecule has 0 aliphatic carbocycles.